The predicted octanol–water partition coefficient (Wildman–Crippen LogP) is 2.98. The van der Waals surface area contributed by atoms with Gasteiger partial charge in [0.1, 0.15) is 5.75 Å². The maximum absolute atomic E-state index is 12.0. The molecule has 21 heavy (non-hydrogen) atoms. The molecule has 4 nitrogen and oxygen atoms in total. The average molecular weight is 284 g/mol. The molecule has 0 radical (unpaired) electrons. The summed E-state index contributed by atoms with van der Waals surface area (Å²) >= 11 is 0. The number of ether oxygens (including phenoxy) is 1. The first-order valence-corrected chi connectivity index (χ1v) is 6.92. The number of nitrogens with one attached hydrogen (secondary N) is 2. The Morgan fingerprint density at radius 3 is 2.48 bits per heavy atom. The van der Waals surface area contributed by atoms with Crippen molar-refractivity contribution in [2.45, 2.75) is 13.0 Å². The van der Waals surface area contributed by atoms with Crippen LogP contribution in [0.15, 0.2) is 54.6 Å². The molecule has 0 fully saturated rings. The summed E-state index contributed by atoms with van der Waals surface area (Å²) in [5, 5.41) is 6.05. The van der Waals surface area contributed by atoms with E-state index in [2.05, 4.69) is 10.6 Å². The van der Waals surface area contributed by atoms with Gasteiger partial charge in [-0.3, -0.25) is 4.79 Å². The lowest BCUT2D eigenvalue weighted by atomic mass is 10.1. The normalized spacial score (nSPS) is 11.7. The maximum atomic E-state index is 12.0. The highest BCUT2D eigenvalue weighted by molar-refractivity contribution is 5.93. The summed E-state index contributed by atoms with van der Waals surface area (Å²) in [6, 6.07) is 17.5. The molecule has 1 atom stereocenters. The van der Waals surface area contributed by atoms with Gasteiger partial charge in [-0.1, -0.05) is 42.5 Å². The Hall–Kier alpha value is -2.33. The number of amides is 1. The van der Waals surface area contributed by atoms with Crippen LogP contribution < -0.4 is 15.4 Å². The van der Waals surface area contributed by atoms with Gasteiger partial charge in [0.15, 0.2) is 0 Å². The Morgan fingerprint density at radius 1 is 1.10 bits per heavy atom. The van der Waals surface area contributed by atoms with Crippen molar-refractivity contribution in [3.8, 4) is 5.75 Å². The molecule has 1 amide bonds. The van der Waals surface area contributed by atoms with E-state index >= 15 is 0 Å². The lowest BCUT2D eigenvalue weighted by Gasteiger charge is -2.15. The van der Waals surface area contributed by atoms with E-state index in [1.807, 2.05) is 61.5 Å². The van der Waals surface area contributed by atoms with Crippen LogP contribution in [0.25, 0.3) is 0 Å². The van der Waals surface area contributed by atoms with Crippen LogP contribution in [0.5, 0.6) is 5.75 Å². The Bertz CT molecular complexity index is 584. The van der Waals surface area contributed by atoms with Crippen LogP contribution in [0.1, 0.15) is 18.5 Å². The molecule has 2 aromatic rings. The first-order valence-electron chi connectivity index (χ1n) is 6.92. The number of carbonyl (C=O) groups is 1. The summed E-state index contributed by atoms with van der Waals surface area (Å²) in [6.45, 7) is 2.28. The van der Waals surface area contributed by atoms with Crippen LogP contribution in [-0.2, 0) is 4.79 Å². The predicted molar refractivity (Wildman–Crippen MR) is 84.5 cm³/mol. The highest BCUT2D eigenvalue weighted by atomic mass is 16.5. The largest absolute Gasteiger partial charge is 0.495 e. The van der Waals surface area contributed by atoms with E-state index in [-0.39, 0.29) is 18.5 Å². The Kier molecular flexibility index (Phi) is 5.35. The first-order chi connectivity index (χ1) is 10.2. The number of rotatable bonds is 6. The Balaban J connectivity index is 1.88. The molecule has 0 spiro atoms. The zero-order chi connectivity index (χ0) is 15.1. The molecule has 4 heteroatoms. The van der Waals surface area contributed by atoms with Crippen molar-refractivity contribution in [2.75, 3.05) is 19.0 Å². The average Bonchev–Trinajstić information content (AvgIpc) is 2.54. The molecule has 1 unspecified atom stereocenters. The van der Waals surface area contributed by atoms with E-state index in [1.54, 1.807) is 7.11 Å². The van der Waals surface area contributed by atoms with E-state index in [9.17, 15) is 4.79 Å². The second kappa shape index (κ2) is 7.45. The summed E-state index contributed by atoms with van der Waals surface area (Å²) in [5.41, 5.74) is 1.83. The van der Waals surface area contributed by atoms with E-state index < -0.39 is 0 Å². The van der Waals surface area contributed by atoms with Gasteiger partial charge in [-0.2, -0.15) is 0 Å². The van der Waals surface area contributed by atoms with E-state index in [1.165, 1.54) is 0 Å². The van der Waals surface area contributed by atoms with Gasteiger partial charge < -0.3 is 15.4 Å². The van der Waals surface area contributed by atoms with Crippen molar-refractivity contribution in [1.82, 2.24) is 5.32 Å². The van der Waals surface area contributed by atoms with Gasteiger partial charge in [0.05, 0.1) is 19.3 Å². The number of para-hydroxylation sites is 2. The molecular formula is C17H20N2O2. The monoisotopic (exact) mass is 284 g/mol. The van der Waals surface area contributed by atoms with Gasteiger partial charge in [-0.15, -0.1) is 0 Å². The van der Waals surface area contributed by atoms with Crippen molar-refractivity contribution in [1.29, 1.82) is 0 Å². The third-order valence-corrected chi connectivity index (χ3v) is 3.25. The summed E-state index contributed by atoms with van der Waals surface area (Å²) in [4.78, 5) is 12.0. The molecule has 2 rings (SSSR count). The highest BCUT2D eigenvalue weighted by Gasteiger charge is 2.09. The van der Waals surface area contributed by atoms with Crippen LogP contribution >= 0.6 is 0 Å². The lowest BCUT2D eigenvalue weighted by molar-refractivity contribution is -0.115. The number of methoxy groups -OCH3 is 1. The van der Waals surface area contributed by atoms with Gasteiger partial charge in [-0.25, -0.2) is 0 Å². The van der Waals surface area contributed by atoms with Crippen molar-refractivity contribution >= 4 is 11.6 Å². The van der Waals surface area contributed by atoms with Crippen LogP contribution in [0.2, 0.25) is 0 Å². The smallest absolute Gasteiger partial charge is 0.238 e. The second-order valence-electron chi connectivity index (χ2n) is 4.76. The van der Waals surface area contributed by atoms with Crippen molar-refractivity contribution < 1.29 is 9.53 Å². The van der Waals surface area contributed by atoms with Crippen LogP contribution in [0.4, 0.5) is 5.69 Å². The standard InChI is InChI=1S/C17H20N2O2/c1-13(14-8-4-3-5-9-14)18-12-17(20)19-15-10-6-7-11-16(15)21-2/h3-11,13,18H,12H2,1-2H3,(H,19,20). The van der Waals surface area contributed by atoms with Gasteiger partial charge in [0.25, 0.3) is 0 Å². The van der Waals surface area contributed by atoms with Crippen molar-refractivity contribution in [3.05, 3.63) is 60.2 Å². The summed E-state index contributed by atoms with van der Waals surface area (Å²) < 4.78 is 5.21. The first kappa shape index (κ1) is 15.1. The second-order valence-corrected chi connectivity index (χ2v) is 4.76. The fourth-order valence-electron chi connectivity index (χ4n) is 2.05. The highest BCUT2D eigenvalue weighted by Crippen LogP contribution is 2.22. The third kappa shape index (κ3) is 4.33. The molecule has 0 bridgehead atoms. The summed E-state index contributed by atoms with van der Waals surface area (Å²) in [7, 11) is 1.58. The Labute approximate surface area is 125 Å². The topological polar surface area (TPSA) is 50.4 Å². The molecular weight excluding hydrogens is 264 g/mol. The van der Waals surface area contributed by atoms with Gasteiger partial charge in [0, 0.05) is 6.04 Å². The molecule has 0 aliphatic rings. The third-order valence-electron chi connectivity index (χ3n) is 3.25. The van der Waals surface area contributed by atoms with Crippen LogP contribution in [0, 0.1) is 0 Å². The molecule has 0 saturated heterocycles. The molecule has 0 aliphatic carbocycles. The van der Waals surface area contributed by atoms with Crippen molar-refractivity contribution in [2.24, 2.45) is 0 Å². The minimum absolute atomic E-state index is 0.0951. The lowest BCUT2D eigenvalue weighted by Crippen LogP contribution is -2.30. The summed E-state index contributed by atoms with van der Waals surface area (Å²) in [5.74, 6) is 0.559. The number of benzene rings is 2. The zero-order valence-corrected chi connectivity index (χ0v) is 12.3. The Morgan fingerprint density at radius 2 is 1.76 bits per heavy atom. The quantitative estimate of drug-likeness (QED) is 0.857. The fourth-order valence-corrected chi connectivity index (χ4v) is 2.05. The van der Waals surface area contributed by atoms with E-state index in [4.69, 9.17) is 4.74 Å². The minimum Gasteiger partial charge on any atom is -0.495 e. The molecule has 2 N–H and O–H groups in total. The fraction of sp³-hybridized carbons (Fsp3) is 0.235. The number of carbonyl (C=O) groups excluding carboxylic acids is 1. The maximum Gasteiger partial charge on any atom is 0.238 e. The molecule has 0 aliphatic heterocycles. The molecule has 0 aromatic heterocycles. The van der Waals surface area contributed by atoms with Gasteiger partial charge in [0.2, 0.25) is 5.91 Å². The summed E-state index contributed by atoms with van der Waals surface area (Å²) in [6.07, 6.45) is 0. The molecule has 0 saturated carbocycles. The van der Waals surface area contributed by atoms with E-state index in [0.29, 0.717) is 11.4 Å². The van der Waals surface area contributed by atoms with E-state index in [0.717, 1.165) is 5.56 Å². The minimum atomic E-state index is -0.0951. The molecule has 0 heterocycles. The zero-order valence-electron chi connectivity index (χ0n) is 12.3. The number of anilines is 1. The number of hydrogen-bond donors (Lipinski definition) is 2. The SMILES string of the molecule is COc1ccccc1NC(=O)CNC(C)c1ccccc1. The van der Waals surface area contributed by atoms with Gasteiger partial charge >= 0.3 is 0 Å². The van der Waals surface area contributed by atoms with Crippen molar-refractivity contribution in [3.63, 3.8) is 0 Å². The molecule has 2 aromatic carbocycles. The van der Waals surface area contributed by atoms with Gasteiger partial charge in [-0.05, 0) is 24.6 Å². The van der Waals surface area contributed by atoms with Crippen LogP contribution in [0.3, 0.4) is 0 Å². The number of hydrogen-bond acceptors (Lipinski definition) is 3. The molecule has 110 valence electrons. The van der Waals surface area contributed by atoms with Crippen LogP contribution in [-0.4, -0.2) is 19.6 Å².